The van der Waals surface area contributed by atoms with Crippen LogP contribution in [0.3, 0.4) is 0 Å². The maximum Gasteiger partial charge on any atom is 0.289 e. The minimum absolute atomic E-state index is 0.120. The normalized spacial score (nSPS) is 14.0. The van der Waals surface area contributed by atoms with Crippen LogP contribution in [0.1, 0.15) is 36.8 Å². The van der Waals surface area contributed by atoms with E-state index in [0.717, 1.165) is 11.3 Å². The van der Waals surface area contributed by atoms with Gasteiger partial charge in [0.05, 0.1) is 11.8 Å². The lowest BCUT2D eigenvalue weighted by molar-refractivity contribution is 0.0712. The van der Waals surface area contributed by atoms with Crippen molar-refractivity contribution in [1.82, 2.24) is 9.80 Å². The minimum atomic E-state index is -0.331. The highest BCUT2D eigenvalue weighted by atomic mass is 16.7. The highest BCUT2D eigenvalue weighted by Crippen LogP contribution is 2.33. The maximum absolute atomic E-state index is 13.9. The summed E-state index contributed by atoms with van der Waals surface area (Å²) in [6, 6.07) is 23.5. The number of hydrogen-bond donors (Lipinski definition) is 1. The van der Waals surface area contributed by atoms with E-state index in [1.54, 1.807) is 59.3 Å². The van der Waals surface area contributed by atoms with Gasteiger partial charge in [-0.05, 0) is 54.1 Å². The third-order valence-electron chi connectivity index (χ3n) is 7.37. The molecule has 3 amide bonds. The van der Waals surface area contributed by atoms with Gasteiger partial charge in [-0.25, -0.2) is 0 Å². The van der Waals surface area contributed by atoms with E-state index in [9.17, 15) is 14.4 Å². The molecule has 3 aromatic carbocycles. The van der Waals surface area contributed by atoms with Crippen molar-refractivity contribution in [3.8, 4) is 11.5 Å². The van der Waals surface area contributed by atoms with Crippen LogP contribution in [0.4, 0.5) is 11.4 Å². The molecule has 2 aliphatic heterocycles. The van der Waals surface area contributed by atoms with Gasteiger partial charge in [0.25, 0.3) is 17.7 Å². The lowest BCUT2D eigenvalue weighted by Gasteiger charge is -2.37. The molecule has 0 atom stereocenters. The summed E-state index contributed by atoms with van der Waals surface area (Å²) in [4.78, 5) is 45.2. The Morgan fingerprint density at radius 2 is 1.64 bits per heavy atom. The number of nitrogens with one attached hydrogen (secondary N) is 1. The zero-order valence-electron chi connectivity index (χ0n) is 23.1. The largest absolute Gasteiger partial charge is 0.459 e. The number of hydrogen-bond acceptors (Lipinski definition) is 7. The molecule has 42 heavy (non-hydrogen) atoms. The molecule has 1 N–H and O–H groups in total. The zero-order valence-corrected chi connectivity index (χ0v) is 23.1. The Balaban J connectivity index is 1.23. The summed E-state index contributed by atoms with van der Waals surface area (Å²) in [7, 11) is 1.76. The van der Waals surface area contributed by atoms with E-state index in [1.165, 1.54) is 6.26 Å². The summed E-state index contributed by atoms with van der Waals surface area (Å²) in [6.45, 7) is 2.59. The summed E-state index contributed by atoms with van der Waals surface area (Å²) in [5, 5.41) is 2.91. The van der Waals surface area contributed by atoms with Gasteiger partial charge < -0.3 is 33.9 Å². The van der Waals surface area contributed by atoms with Crippen molar-refractivity contribution in [3.05, 3.63) is 108 Å². The molecule has 2 aliphatic rings. The van der Waals surface area contributed by atoms with Gasteiger partial charge in [0.2, 0.25) is 6.79 Å². The zero-order chi connectivity index (χ0) is 29.1. The van der Waals surface area contributed by atoms with Crippen LogP contribution in [0.25, 0.3) is 0 Å². The molecule has 0 bridgehead atoms. The molecule has 1 saturated heterocycles. The first-order valence-corrected chi connectivity index (χ1v) is 13.7. The third-order valence-corrected chi connectivity index (χ3v) is 7.37. The Hall–Kier alpha value is -5.25. The van der Waals surface area contributed by atoms with Gasteiger partial charge in [-0.2, -0.15) is 0 Å². The monoisotopic (exact) mass is 566 g/mol. The van der Waals surface area contributed by atoms with Gasteiger partial charge in [0, 0.05) is 56.7 Å². The van der Waals surface area contributed by atoms with Gasteiger partial charge >= 0.3 is 0 Å². The van der Waals surface area contributed by atoms with Crippen LogP contribution < -0.4 is 19.7 Å². The molecule has 0 saturated carbocycles. The molecule has 10 nitrogen and oxygen atoms in total. The quantitative estimate of drug-likeness (QED) is 0.351. The number of benzene rings is 3. The fourth-order valence-corrected chi connectivity index (χ4v) is 5.14. The van der Waals surface area contributed by atoms with E-state index in [2.05, 4.69) is 10.2 Å². The Bertz CT molecular complexity index is 1600. The number of nitrogens with zero attached hydrogens (tertiary/aromatic N) is 3. The van der Waals surface area contributed by atoms with E-state index >= 15 is 0 Å². The molecule has 10 heteroatoms. The molecular formula is C32H30N4O6. The number of rotatable bonds is 7. The van der Waals surface area contributed by atoms with E-state index in [0.29, 0.717) is 66.8 Å². The number of furan rings is 1. The number of ether oxygens (including phenoxy) is 2. The standard InChI is InChI=1S/C32H30N4O6/c1-34(20-22-6-3-2-4-7-22)31(38)25-19-24(33-30(37)23-9-12-27-29(18-23)42-21-41-27)10-11-26(25)35-13-15-36(16-14-35)32(39)28-8-5-17-40-28/h2-12,17-19H,13-16,20-21H2,1H3,(H,33,37). The molecule has 0 radical (unpaired) electrons. The smallest absolute Gasteiger partial charge is 0.289 e. The number of carbonyl (C=O) groups is 3. The van der Waals surface area contributed by atoms with Crippen molar-refractivity contribution >= 4 is 29.1 Å². The second kappa shape index (κ2) is 11.7. The molecule has 214 valence electrons. The van der Waals surface area contributed by atoms with E-state index in [-0.39, 0.29) is 24.5 Å². The summed E-state index contributed by atoms with van der Waals surface area (Å²) in [5.74, 6) is 0.756. The number of anilines is 2. The van der Waals surface area contributed by atoms with Gasteiger partial charge in [-0.15, -0.1) is 0 Å². The highest BCUT2D eigenvalue weighted by molar-refractivity contribution is 6.06. The lowest BCUT2D eigenvalue weighted by Crippen LogP contribution is -2.49. The van der Waals surface area contributed by atoms with Gasteiger partial charge in [0.15, 0.2) is 17.3 Å². The van der Waals surface area contributed by atoms with Crippen molar-refractivity contribution in [3.63, 3.8) is 0 Å². The molecule has 0 aliphatic carbocycles. The molecule has 0 spiro atoms. The first kappa shape index (κ1) is 26.9. The highest BCUT2D eigenvalue weighted by Gasteiger charge is 2.27. The molecule has 1 aromatic heterocycles. The third kappa shape index (κ3) is 5.64. The molecule has 1 fully saturated rings. The molecule has 0 unspecified atom stereocenters. The first-order chi connectivity index (χ1) is 20.5. The SMILES string of the molecule is CN(Cc1ccccc1)C(=O)c1cc(NC(=O)c2ccc3c(c2)OCO3)ccc1N1CCN(C(=O)c2ccco2)CC1. The number of fused-ring (bicyclic) bond motifs is 1. The predicted octanol–water partition coefficient (Wildman–Crippen LogP) is 4.50. The van der Waals surface area contributed by atoms with Crippen LogP contribution >= 0.6 is 0 Å². The first-order valence-electron chi connectivity index (χ1n) is 13.7. The average Bonchev–Trinajstić information content (AvgIpc) is 3.73. The minimum Gasteiger partial charge on any atom is -0.459 e. The summed E-state index contributed by atoms with van der Waals surface area (Å²) < 4.78 is 16.0. The molecule has 6 rings (SSSR count). The van der Waals surface area contributed by atoms with Crippen LogP contribution in [0.5, 0.6) is 11.5 Å². The van der Waals surface area contributed by atoms with Crippen LogP contribution in [0.2, 0.25) is 0 Å². The molecule has 3 heterocycles. The van der Waals surface area contributed by atoms with Crippen molar-refractivity contribution < 1.29 is 28.3 Å². The summed E-state index contributed by atoms with van der Waals surface area (Å²) >= 11 is 0. The predicted molar refractivity (Wildman–Crippen MR) is 156 cm³/mol. The Morgan fingerprint density at radius 3 is 2.40 bits per heavy atom. The Kier molecular flexibility index (Phi) is 7.50. The topological polar surface area (TPSA) is 105 Å². The van der Waals surface area contributed by atoms with Crippen LogP contribution in [0, 0.1) is 0 Å². The fourth-order valence-electron chi connectivity index (χ4n) is 5.14. The summed E-state index contributed by atoms with van der Waals surface area (Å²) in [5.41, 5.74) is 3.11. The van der Waals surface area contributed by atoms with E-state index < -0.39 is 0 Å². The Morgan fingerprint density at radius 1 is 0.857 bits per heavy atom. The molecular weight excluding hydrogens is 536 g/mol. The maximum atomic E-state index is 13.9. The van der Waals surface area contributed by atoms with Crippen molar-refractivity contribution in [2.24, 2.45) is 0 Å². The van der Waals surface area contributed by atoms with Gasteiger partial charge in [-0.3, -0.25) is 14.4 Å². The van der Waals surface area contributed by atoms with Crippen LogP contribution in [-0.4, -0.2) is 67.5 Å². The van der Waals surface area contributed by atoms with Gasteiger partial charge in [0.1, 0.15) is 0 Å². The summed E-state index contributed by atoms with van der Waals surface area (Å²) in [6.07, 6.45) is 1.49. The van der Waals surface area contributed by atoms with Crippen molar-refractivity contribution in [2.75, 3.05) is 50.2 Å². The van der Waals surface area contributed by atoms with Crippen LogP contribution in [-0.2, 0) is 6.54 Å². The van der Waals surface area contributed by atoms with Crippen molar-refractivity contribution in [2.45, 2.75) is 6.54 Å². The van der Waals surface area contributed by atoms with Gasteiger partial charge in [-0.1, -0.05) is 30.3 Å². The van der Waals surface area contributed by atoms with Crippen molar-refractivity contribution in [1.29, 1.82) is 0 Å². The van der Waals surface area contributed by atoms with E-state index in [4.69, 9.17) is 13.9 Å². The second-order valence-corrected chi connectivity index (χ2v) is 10.2. The average molecular weight is 567 g/mol. The number of piperazine rings is 1. The lowest BCUT2D eigenvalue weighted by atomic mass is 10.1. The second-order valence-electron chi connectivity index (χ2n) is 10.2. The molecule has 4 aromatic rings. The fraction of sp³-hybridized carbons (Fsp3) is 0.219. The Labute approximate surface area is 243 Å². The van der Waals surface area contributed by atoms with E-state index in [1.807, 2.05) is 36.4 Å². The number of carbonyl (C=O) groups excluding carboxylic acids is 3. The number of amides is 3. The van der Waals surface area contributed by atoms with Crippen LogP contribution in [0.15, 0.2) is 89.5 Å².